The Morgan fingerprint density at radius 2 is 1.63 bits per heavy atom. The molecule has 0 bridgehead atoms. The molecular formula is C27H25F2N3O3. The Morgan fingerprint density at radius 1 is 0.914 bits per heavy atom. The fourth-order valence-electron chi connectivity index (χ4n) is 3.84. The van der Waals surface area contributed by atoms with Crippen LogP contribution < -0.4 is 20.7 Å². The van der Waals surface area contributed by atoms with Crippen molar-refractivity contribution in [3.05, 3.63) is 96.1 Å². The van der Waals surface area contributed by atoms with Gasteiger partial charge in [-0.05, 0) is 74.0 Å². The second-order valence-corrected chi connectivity index (χ2v) is 8.19. The van der Waals surface area contributed by atoms with Crippen LogP contribution in [0.4, 0.5) is 14.5 Å². The first-order chi connectivity index (χ1) is 16.9. The maximum atomic E-state index is 13.5. The van der Waals surface area contributed by atoms with Gasteiger partial charge in [0.2, 0.25) is 11.8 Å². The van der Waals surface area contributed by atoms with Crippen molar-refractivity contribution < 1.29 is 23.1 Å². The lowest BCUT2D eigenvalue weighted by Gasteiger charge is -2.36. The number of piperidine rings is 1. The summed E-state index contributed by atoms with van der Waals surface area (Å²) >= 11 is 0. The lowest BCUT2D eigenvalue weighted by molar-refractivity contribution is -0.129. The Hall–Kier alpha value is -4.04. The third-order valence-corrected chi connectivity index (χ3v) is 5.73. The van der Waals surface area contributed by atoms with Gasteiger partial charge >= 0.3 is 0 Å². The smallest absolute Gasteiger partial charge is 0.250 e. The first-order valence-corrected chi connectivity index (χ1v) is 11.2. The van der Waals surface area contributed by atoms with Crippen molar-refractivity contribution in [2.24, 2.45) is 0 Å². The maximum Gasteiger partial charge on any atom is 0.250 e. The Balaban J connectivity index is 1.50. The summed E-state index contributed by atoms with van der Waals surface area (Å²) in [5.74, 6) is -1.74. The molecular weight excluding hydrogens is 452 g/mol. The Bertz CT molecular complexity index is 1230. The van der Waals surface area contributed by atoms with Crippen LogP contribution in [-0.2, 0) is 9.59 Å². The predicted molar refractivity (Wildman–Crippen MR) is 130 cm³/mol. The molecule has 6 nitrogen and oxygen atoms in total. The maximum absolute atomic E-state index is 13.5. The normalized spacial score (nSPS) is 14.9. The van der Waals surface area contributed by atoms with Gasteiger partial charge in [-0.25, -0.2) is 8.78 Å². The molecule has 180 valence electrons. The molecule has 2 amide bonds. The highest BCUT2D eigenvalue weighted by molar-refractivity contribution is 6.03. The summed E-state index contributed by atoms with van der Waals surface area (Å²) in [6, 6.07) is 19.6. The number of anilines is 1. The molecule has 3 aromatic rings. The summed E-state index contributed by atoms with van der Waals surface area (Å²) in [5, 5.41) is 8.94. The number of amides is 2. The molecule has 1 aliphatic heterocycles. The summed E-state index contributed by atoms with van der Waals surface area (Å²) in [7, 11) is 0. The molecule has 1 fully saturated rings. The molecule has 0 saturated carbocycles. The molecule has 4 rings (SSSR count). The van der Waals surface area contributed by atoms with Gasteiger partial charge in [0.05, 0.1) is 5.69 Å². The van der Waals surface area contributed by atoms with Crippen LogP contribution in [0.3, 0.4) is 0 Å². The van der Waals surface area contributed by atoms with Gasteiger partial charge in [0, 0.05) is 6.08 Å². The molecule has 1 heterocycles. The quantitative estimate of drug-likeness (QED) is 0.433. The van der Waals surface area contributed by atoms with E-state index < -0.39 is 23.1 Å². The lowest BCUT2D eigenvalue weighted by atomic mass is 9.87. The van der Waals surface area contributed by atoms with E-state index in [1.54, 1.807) is 24.3 Å². The summed E-state index contributed by atoms with van der Waals surface area (Å²) in [6.07, 6.45) is 3.33. The highest BCUT2D eigenvalue weighted by Gasteiger charge is 2.41. The second-order valence-electron chi connectivity index (χ2n) is 8.19. The average molecular weight is 478 g/mol. The number of halogens is 2. The van der Waals surface area contributed by atoms with Crippen molar-refractivity contribution in [3.63, 3.8) is 0 Å². The minimum absolute atomic E-state index is 0.329. The largest absolute Gasteiger partial charge is 0.455 e. The van der Waals surface area contributed by atoms with Crippen molar-refractivity contribution in [2.75, 3.05) is 18.4 Å². The first kappa shape index (κ1) is 24.1. The number of carbonyl (C=O) groups is 2. The van der Waals surface area contributed by atoms with Crippen molar-refractivity contribution >= 4 is 23.6 Å². The van der Waals surface area contributed by atoms with E-state index in [1.165, 1.54) is 18.2 Å². The van der Waals surface area contributed by atoms with Crippen LogP contribution in [0.25, 0.3) is 6.08 Å². The zero-order valence-electron chi connectivity index (χ0n) is 18.9. The molecule has 0 spiro atoms. The highest BCUT2D eigenvalue weighted by Crippen LogP contribution is 2.31. The number of rotatable bonds is 7. The van der Waals surface area contributed by atoms with Crippen LogP contribution in [0.2, 0.25) is 0 Å². The fourth-order valence-corrected chi connectivity index (χ4v) is 3.84. The molecule has 0 unspecified atom stereocenters. The Morgan fingerprint density at radius 3 is 2.37 bits per heavy atom. The summed E-state index contributed by atoms with van der Waals surface area (Å²) in [4.78, 5) is 26.2. The fraction of sp³-hybridized carbons (Fsp3) is 0.185. The molecule has 3 N–H and O–H groups in total. The molecule has 35 heavy (non-hydrogen) atoms. The number of hydrogen-bond donors (Lipinski definition) is 3. The summed E-state index contributed by atoms with van der Waals surface area (Å²) in [6.45, 7) is 1.09. The van der Waals surface area contributed by atoms with Crippen molar-refractivity contribution in [3.8, 4) is 11.5 Å². The van der Waals surface area contributed by atoms with Gasteiger partial charge in [-0.3, -0.25) is 9.59 Å². The monoisotopic (exact) mass is 477 g/mol. The zero-order chi connectivity index (χ0) is 24.7. The van der Waals surface area contributed by atoms with E-state index >= 15 is 0 Å². The van der Waals surface area contributed by atoms with Crippen LogP contribution >= 0.6 is 0 Å². The number of ether oxygens (including phenoxy) is 1. The third kappa shape index (κ3) is 6.10. The number of benzene rings is 3. The van der Waals surface area contributed by atoms with Crippen molar-refractivity contribution in [1.82, 2.24) is 10.6 Å². The molecule has 3 aromatic carbocycles. The summed E-state index contributed by atoms with van der Waals surface area (Å²) < 4.78 is 32.5. The molecule has 0 radical (unpaired) electrons. The molecule has 0 aliphatic carbocycles. The van der Waals surface area contributed by atoms with Gasteiger partial charge in [0.25, 0.3) is 0 Å². The molecule has 0 atom stereocenters. The molecule has 1 saturated heterocycles. The van der Waals surface area contributed by atoms with Crippen molar-refractivity contribution in [1.29, 1.82) is 0 Å². The Labute approximate surface area is 202 Å². The SMILES string of the molecule is O=C(C=Cc1ccc(F)c(F)c1)NC1(C(=O)Nc2ccccc2Oc2ccccc2)CCNCC1. The van der Waals surface area contributed by atoms with E-state index in [9.17, 15) is 18.4 Å². The summed E-state index contributed by atoms with van der Waals surface area (Å²) in [5.41, 5.74) is -0.346. The third-order valence-electron chi connectivity index (χ3n) is 5.73. The zero-order valence-corrected chi connectivity index (χ0v) is 18.9. The van der Waals surface area contributed by atoms with E-state index in [0.29, 0.717) is 48.7 Å². The molecule has 8 heteroatoms. The predicted octanol–water partition coefficient (Wildman–Crippen LogP) is 4.65. The lowest BCUT2D eigenvalue weighted by Crippen LogP contribution is -2.61. The average Bonchev–Trinajstić information content (AvgIpc) is 2.87. The van der Waals surface area contributed by atoms with Gasteiger partial charge in [-0.2, -0.15) is 0 Å². The van der Waals surface area contributed by atoms with Crippen LogP contribution in [0.5, 0.6) is 11.5 Å². The first-order valence-electron chi connectivity index (χ1n) is 11.2. The standard InChI is InChI=1S/C27H25F2N3O3/c28-21-12-10-19(18-22(21)29)11-13-25(33)32-27(14-16-30-17-15-27)26(34)31-23-8-4-5-9-24(23)35-20-6-2-1-3-7-20/h1-13,18,30H,14-17H2,(H,31,34)(H,32,33). The van der Waals surface area contributed by atoms with Gasteiger partial charge in [0.1, 0.15) is 11.3 Å². The second kappa shape index (κ2) is 10.9. The number of para-hydroxylation sites is 3. The topological polar surface area (TPSA) is 79.5 Å². The van der Waals surface area contributed by atoms with Gasteiger partial charge in [-0.15, -0.1) is 0 Å². The van der Waals surface area contributed by atoms with E-state index in [2.05, 4.69) is 16.0 Å². The van der Waals surface area contributed by atoms with Crippen LogP contribution in [0.1, 0.15) is 18.4 Å². The van der Waals surface area contributed by atoms with Gasteiger partial charge in [-0.1, -0.05) is 36.4 Å². The van der Waals surface area contributed by atoms with E-state index in [4.69, 9.17) is 4.74 Å². The van der Waals surface area contributed by atoms with Crippen LogP contribution in [-0.4, -0.2) is 30.4 Å². The van der Waals surface area contributed by atoms with Gasteiger partial charge in [0.15, 0.2) is 17.4 Å². The highest BCUT2D eigenvalue weighted by atomic mass is 19.2. The van der Waals surface area contributed by atoms with E-state index in [1.807, 2.05) is 30.3 Å². The number of nitrogens with one attached hydrogen (secondary N) is 3. The van der Waals surface area contributed by atoms with Crippen molar-refractivity contribution in [2.45, 2.75) is 18.4 Å². The minimum atomic E-state index is -1.15. The number of hydrogen-bond acceptors (Lipinski definition) is 4. The number of carbonyl (C=O) groups excluding carboxylic acids is 2. The van der Waals surface area contributed by atoms with Crippen LogP contribution in [0.15, 0.2) is 78.9 Å². The van der Waals surface area contributed by atoms with Crippen LogP contribution in [0, 0.1) is 11.6 Å². The van der Waals surface area contributed by atoms with E-state index in [0.717, 1.165) is 12.1 Å². The van der Waals surface area contributed by atoms with E-state index in [-0.39, 0.29) is 5.91 Å². The Kier molecular flexibility index (Phi) is 7.52. The minimum Gasteiger partial charge on any atom is -0.455 e. The molecule has 1 aliphatic rings. The molecule has 0 aromatic heterocycles. The van der Waals surface area contributed by atoms with Gasteiger partial charge < -0.3 is 20.7 Å².